The molecule has 1 saturated carbocycles. The molecule has 128 valence electrons. The van der Waals surface area contributed by atoms with E-state index in [0.29, 0.717) is 6.54 Å². The molecule has 1 aliphatic carbocycles. The Labute approximate surface area is 142 Å². The molecule has 5 nitrogen and oxygen atoms in total. The van der Waals surface area contributed by atoms with Crippen LogP contribution in [0.2, 0.25) is 0 Å². The Morgan fingerprint density at radius 1 is 1.00 bits per heavy atom. The Balaban J connectivity index is 1.32. The number of nitrogens with zero attached hydrogens (tertiary/aromatic N) is 1. The highest BCUT2D eigenvalue weighted by molar-refractivity contribution is 5.81. The van der Waals surface area contributed by atoms with E-state index in [2.05, 4.69) is 10.6 Å². The number of nitrogens with one attached hydrogen (secondary N) is 2. The predicted molar refractivity (Wildman–Crippen MR) is 91.2 cm³/mol. The predicted octanol–water partition coefficient (Wildman–Crippen LogP) is 2.42. The summed E-state index contributed by atoms with van der Waals surface area (Å²) < 4.78 is 0. The van der Waals surface area contributed by atoms with Gasteiger partial charge in [0.2, 0.25) is 5.91 Å². The molecule has 2 heterocycles. The number of carbonyl (C=O) groups is 2. The SMILES string of the molecule is O=C(NC1C[C@@H]2CC[C@@H](C1)N2C(=O)NCc1ccccc1)C1CC1. The van der Waals surface area contributed by atoms with E-state index in [9.17, 15) is 9.59 Å². The lowest BCUT2D eigenvalue weighted by Gasteiger charge is -2.39. The molecule has 2 aliphatic heterocycles. The van der Waals surface area contributed by atoms with Crippen LogP contribution < -0.4 is 10.6 Å². The lowest BCUT2D eigenvalue weighted by atomic mass is 9.97. The van der Waals surface area contributed by atoms with Gasteiger partial charge >= 0.3 is 6.03 Å². The zero-order valence-electron chi connectivity index (χ0n) is 13.9. The van der Waals surface area contributed by atoms with Gasteiger partial charge < -0.3 is 15.5 Å². The molecule has 1 aromatic carbocycles. The van der Waals surface area contributed by atoms with Crippen molar-refractivity contribution < 1.29 is 9.59 Å². The standard InChI is InChI=1S/C19H25N3O2/c23-18(14-6-7-14)21-15-10-16-8-9-17(11-15)22(16)19(24)20-12-13-4-2-1-3-5-13/h1-5,14-17H,6-12H2,(H,20,24)(H,21,23)/t16-,17-/m0/s1. The number of rotatable bonds is 4. The first-order valence-corrected chi connectivity index (χ1v) is 9.11. The zero-order chi connectivity index (χ0) is 16.5. The van der Waals surface area contributed by atoms with E-state index >= 15 is 0 Å². The zero-order valence-corrected chi connectivity index (χ0v) is 13.9. The highest BCUT2D eigenvalue weighted by Gasteiger charge is 2.44. The number of benzene rings is 1. The van der Waals surface area contributed by atoms with E-state index in [4.69, 9.17) is 0 Å². The Hall–Kier alpha value is -2.04. The summed E-state index contributed by atoms with van der Waals surface area (Å²) in [5.74, 6) is 0.483. The molecule has 2 bridgehead atoms. The number of hydrogen-bond acceptors (Lipinski definition) is 2. The Morgan fingerprint density at radius 3 is 2.29 bits per heavy atom. The van der Waals surface area contributed by atoms with Crippen LogP contribution in [0.3, 0.4) is 0 Å². The summed E-state index contributed by atoms with van der Waals surface area (Å²) in [5, 5.41) is 6.25. The van der Waals surface area contributed by atoms with Gasteiger partial charge in [0.25, 0.3) is 0 Å². The minimum absolute atomic E-state index is 0.0401. The number of amides is 3. The third-order valence-corrected chi connectivity index (χ3v) is 5.55. The quantitative estimate of drug-likeness (QED) is 0.892. The molecule has 0 aromatic heterocycles. The summed E-state index contributed by atoms with van der Waals surface area (Å²) in [6, 6.07) is 10.8. The second-order valence-corrected chi connectivity index (χ2v) is 7.39. The number of fused-ring (bicyclic) bond motifs is 2. The molecule has 2 N–H and O–H groups in total. The van der Waals surface area contributed by atoms with E-state index in [1.165, 1.54) is 0 Å². The molecular weight excluding hydrogens is 302 g/mol. The van der Waals surface area contributed by atoms with Crippen molar-refractivity contribution in [2.45, 2.75) is 63.2 Å². The number of hydrogen-bond donors (Lipinski definition) is 2. The van der Waals surface area contributed by atoms with E-state index in [1.54, 1.807) is 0 Å². The molecule has 0 radical (unpaired) electrons. The van der Waals surface area contributed by atoms with Crippen molar-refractivity contribution in [2.75, 3.05) is 0 Å². The number of piperidine rings is 1. The van der Waals surface area contributed by atoms with Crippen molar-refractivity contribution in [3.63, 3.8) is 0 Å². The third-order valence-electron chi connectivity index (χ3n) is 5.55. The lowest BCUT2D eigenvalue weighted by Crippen LogP contribution is -2.55. The molecule has 1 aromatic rings. The van der Waals surface area contributed by atoms with Crippen LogP contribution in [0.15, 0.2) is 30.3 Å². The van der Waals surface area contributed by atoms with Crippen molar-refractivity contribution >= 4 is 11.9 Å². The van der Waals surface area contributed by atoms with Gasteiger partial charge in [-0.3, -0.25) is 4.79 Å². The minimum atomic E-state index is 0.0401. The minimum Gasteiger partial charge on any atom is -0.353 e. The van der Waals surface area contributed by atoms with Crippen LogP contribution >= 0.6 is 0 Å². The van der Waals surface area contributed by atoms with E-state index in [0.717, 1.165) is 44.1 Å². The molecule has 3 amide bonds. The lowest BCUT2D eigenvalue weighted by molar-refractivity contribution is -0.123. The molecular formula is C19H25N3O2. The van der Waals surface area contributed by atoms with Gasteiger partial charge in [0, 0.05) is 30.6 Å². The van der Waals surface area contributed by atoms with Gasteiger partial charge in [-0.25, -0.2) is 4.79 Å². The fourth-order valence-corrected chi connectivity index (χ4v) is 4.16. The summed E-state index contributed by atoms with van der Waals surface area (Å²) in [7, 11) is 0. The summed E-state index contributed by atoms with van der Waals surface area (Å²) in [6.07, 6.45) is 5.98. The smallest absolute Gasteiger partial charge is 0.318 e. The molecule has 5 heteroatoms. The largest absolute Gasteiger partial charge is 0.353 e. The first-order valence-electron chi connectivity index (χ1n) is 9.11. The van der Waals surface area contributed by atoms with Gasteiger partial charge in [-0.1, -0.05) is 30.3 Å². The second-order valence-electron chi connectivity index (χ2n) is 7.39. The van der Waals surface area contributed by atoms with Crippen LogP contribution in [0.1, 0.15) is 44.1 Å². The van der Waals surface area contributed by atoms with E-state index in [1.807, 2.05) is 35.2 Å². The van der Waals surface area contributed by atoms with Crippen molar-refractivity contribution in [2.24, 2.45) is 5.92 Å². The summed E-state index contributed by atoms with van der Waals surface area (Å²) in [5.41, 5.74) is 1.12. The van der Waals surface area contributed by atoms with Crippen molar-refractivity contribution in [1.29, 1.82) is 0 Å². The average molecular weight is 327 g/mol. The van der Waals surface area contributed by atoms with Gasteiger partial charge in [-0.15, -0.1) is 0 Å². The summed E-state index contributed by atoms with van der Waals surface area (Å²) >= 11 is 0. The highest BCUT2D eigenvalue weighted by atomic mass is 16.2. The van der Waals surface area contributed by atoms with Crippen LogP contribution in [0.25, 0.3) is 0 Å². The number of urea groups is 1. The molecule has 24 heavy (non-hydrogen) atoms. The molecule has 0 unspecified atom stereocenters. The maximum absolute atomic E-state index is 12.6. The van der Waals surface area contributed by atoms with Gasteiger partial charge in [0.15, 0.2) is 0 Å². The molecule has 2 saturated heterocycles. The van der Waals surface area contributed by atoms with Gasteiger partial charge in [0.05, 0.1) is 0 Å². The monoisotopic (exact) mass is 327 g/mol. The fourth-order valence-electron chi connectivity index (χ4n) is 4.16. The maximum Gasteiger partial charge on any atom is 0.318 e. The normalized spacial score (nSPS) is 28.5. The Bertz CT molecular complexity index is 600. The fraction of sp³-hybridized carbons (Fsp3) is 0.579. The summed E-state index contributed by atoms with van der Waals surface area (Å²) in [6.45, 7) is 0.567. The van der Waals surface area contributed by atoms with Crippen LogP contribution in [0.5, 0.6) is 0 Å². The molecule has 3 aliphatic rings. The first kappa shape index (κ1) is 15.5. The van der Waals surface area contributed by atoms with E-state index < -0.39 is 0 Å². The van der Waals surface area contributed by atoms with Gasteiger partial charge in [-0.05, 0) is 44.1 Å². The van der Waals surface area contributed by atoms with Crippen LogP contribution in [0, 0.1) is 5.92 Å². The third kappa shape index (κ3) is 3.25. The maximum atomic E-state index is 12.6. The Kier molecular flexibility index (Phi) is 4.17. The van der Waals surface area contributed by atoms with Crippen molar-refractivity contribution in [1.82, 2.24) is 15.5 Å². The Morgan fingerprint density at radius 2 is 1.67 bits per heavy atom. The van der Waals surface area contributed by atoms with E-state index in [-0.39, 0.29) is 36.0 Å². The molecule has 2 atom stereocenters. The summed E-state index contributed by atoms with van der Waals surface area (Å²) in [4.78, 5) is 26.6. The molecule has 4 rings (SSSR count). The van der Waals surface area contributed by atoms with Crippen LogP contribution in [-0.4, -0.2) is 35.0 Å². The van der Waals surface area contributed by atoms with Crippen LogP contribution in [0.4, 0.5) is 4.79 Å². The highest BCUT2D eigenvalue weighted by Crippen LogP contribution is 2.36. The van der Waals surface area contributed by atoms with Gasteiger partial charge in [0.1, 0.15) is 0 Å². The van der Waals surface area contributed by atoms with Crippen LogP contribution in [-0.2, 0) is 11.3 Å². The van der Waals surface area contributed by atoms with Gasteiger partial charge in [-0.2, -0.15) is 0 Å². The molecule has 0 spiro atoms. The van der Waals surface area contributed by atoms with Crippen molar-refractivity contribution in [3.05, 3.63) is 35.9 Å². The average Bonchev–Trinajstić information content (AvgIpc) is 3.40. The van der Waals surface area contributed by atoms with Crippen molar-refractivity contribution in [3.8, 4) is 0 Å². The second kappa shape index (κ2) is 6.46. The first-order chi connectivity index (χ1) is 11.7. The topological polar surface area (TPSA) is 61.4 Å². The molecule has 3 fully saturated rings. The number of carbonyl (C=O) groups excluding carboxylic acids is 2.